The van der Waals surface area contributed by atoms with E-state index in [0.29, 0.717) is 6.04 Å². The molecule has 20 heavy (non-hydrogen) atoms. The van der Waals surface area contributed by atoms with E-state index in [1.54, 1.807) is 0 Å². The molecule has 1 N–H and O–H groups in total. The van der Waals surface area contributed by atoms with Crippen LogP contribution in [0.5, 0.6) is 0 Å². The summed E-state index contributed by atoms with van der Waals surface area (Å²) in [6, 6.07) is 0.473. The Kier molecular flexibility index (Phi) is 2.65. The molecule has 0 spiro atoms. The maximum Gasteiger partial charge on any atom is 0.179 e. The molecule has 4 unspecified atom stereocenters. The van der Waals surface area contributed by atoms with Crippen molar-refractivity contribution in [1.29, 1.82) is 0 Å². The van der Waals surface area contributed by atoms with Gasteiger partial charge in [0.1, 0.15) is 5.52 Å². The summed E-state index contributed by atoms with van der Waals surface area (Å²) in [4.78, 5) is 3.36. The number of H-pyrrole nitrogens is 1. The number of aromatic nitrogens is 4. The Morgan fingerprint density at radius 2 is 2.15 bits per heavy atom. The molecule has 2 aromatic rings. The Morgan fingerprint density at radius 3 is 2.80 bits per heavy atom. The van der Waals surface area contributed by atoms with Gasteiger partial charge in [-0.2, -0.15) is 5.10 Å². The van der Waals surface area contributed by atoms with Crippen LogP contribution in [0.25, 0.3) is 11.2 Å². The van der Waals surface area contributed by atoms with Gasteiger partial charge in [-0.25, -0.2) is 0 Å². The molecule has 2 saturated carbocycles. The third-order valence-electron chi connectivity index (χ3n) is 5.69. The fourth-order valence-corrected chi connectivity index (χ4v) is 5.14. The van der Waals surface area contributed by atoms with E-state index in [-0.39, 0.29) is 0 Å². The number of hydrogen-bond donors (Lipinski definition) is 1. The molecular formula is C15H22N4S. The Balaban J connectivity index is 1.81. The molecule has 2 aromatic heterocycles. The molecular weight excluding hydrogens is 268 g/mol. The van der Waals surface area contributed by atoms with E-state index in [1.165, 1.54) is 25.7 Å². The topological polar surface area (TPSA) is 38.5 Å². The lowest BCUT2D eigenvalue weighted by Crippen LogP contribution is -2.22. The number of imidazole rings is 1. The predicted molar refractivity (Wildman–Crippen MR) is 82.3 cm³/mol. The van der Waals surface area contributed by atoms with Gasteiger partial charge in [0, 0.05) is 13.1 Å². The van der Waals surface area contributed by atoms with Gasteiger partial charge in [-0.05, 0) is 63.1 Å². The minimum absolute atomic E-state index is 0.473. The molecule has 0 saturated heterocycles. The molecule has 4 rings (SSSR count). The second-order valence-corrected chi connectivity index (χ2v) is 7.17. The van der Waals surface area contributed by atoms with E-state index in [9.17, 15) is 0 Å². The highest BCUT2D eigenvalue weighted by molar-refractivity contribution is 7.71. The van der Waals surface area contributed by atoms with Crippen molar-refractivity contribution in [2.24, 2.45) is 24.8 Å². The van der Waals surface area contributed by atoms with Gasteiger partial charge in [0.15, 0.2) is 10.4 Å². The summed E-state index contributed by atoms with van der Waals surface area (Å²) in [7, 11) is 2.02. The lowest BCUT2D eigenvalue weighted by Gasteiger charge is -2.29. The Bertz CT molecular complexity index is 722. The largest absolute Gasteiger partial charge is 0.328 e. The maximum absolute atomic E-state index is 5.59. The van der Waals surface area contributed by atoms with Crippen LogP contribution in [0.3, 0.4) is 0 Å². The molecule has 0 aliphatic heterocycles. The van der Waals surface area contributed by atoms with Crippen LogP contribution in [0.4, 0.5) is 0 Å². The first-order chi connectivity index (χ1) is 9.56. The Labute approximate surface area is 124 Å². The number of hydrogen-bond acceptors (Lipinski definition) is 2. The first-order valence-corrected chi connectivity index (χ1v) is 8.11. The third-order valence-corrected chi connectivity index (χ3v) is 5.99. The monoisotopic (exact) mass is 290 g/mol. The lowest BCUT2D eigenvalue weighted by molar-refractivity contribution is 0.243. The third kappa shape index (κ3) is 1.59. The molecule has 4 nitrogen and oxygen atoms in total. The molecule has 4 atom stereocenters. The Morgan fingerprint density at radius 1 is 1.35 bits per heavy atom. The van der Waals surface area contributed by atoms with Gasteiger partial charge in [0.2, 0.25) is 0 Å². The number of rotatable bonds is 2. The van der Waals surface area contributed by atoms with Crippen LogP contribution in [0, 0.1) is 29.4 Å². The fraction of sp³-hybridized carbons (Fsp3) is 0.733. The van der Waals surface area contributed by atoms with Crippen molar-refractivity contribution in [3.63, 3.8) is 0 Å². The van der Waals surface area contributed by atoms with Crippen molar-refractivity contribution in [1.82, 2.24) is 19.3 Å². The molecule has 2 fully saturated rings. The molecule has 0 aromatic carbocycles. The smallest absolute Gasteiger partial charge is 0.179 e. The van der Waals surface area contributed by atoms with Gasteiger partial charge in [0.05, 0.1) is 5.69 Å². The number of nitrogens with zero attached hydrogens (tertiary/aromatic N) is 3. The quantitative estimate of drug-likeness (QED) is 0.856. The fourth-order valence-electron chi connectivity index (χ4n) is 4.79. The number of nitrogens with one attached hydrogen (secondary N) is 1. The zero-order chi connectivity index (χ0) is 14.0. The molecule has 2 heterocycles. The van der Waals surface area contributed by atoms with Crippen LogP contribution in [-0.2, 0) is 7.05 Å². The van der Waals surface area contributed by atoms with E-state index in [2.05, 4.69) is 21.6 Å². The van der Waals surface area contributed by atoms with Crippen molar-refractivity contribution in [2.45, 2.75) is 45.6 Å². The molecule has 0 radical (unpaired) electrons. The van der Waals surface area contributed by atoms with Gasteiger partial charge >= 0.3 is 0 Å². The number of aromatic amines is 1. The van der Waals surface area contributed by atoms with Crippen LogP contribution >= 0.6 is 12.2 Å². The van der Waals surface area contributed by atoms with Crippen molar-refractivity contribution < 1.29 is 0 Å². The first kappa shape index (κ1) is 12.6. The first-order valence-electron chi connectivity index (χ1n) is 7.70. The van der Waals surface area contributed by atoms with E-state index in [0.717, 1.165) is 39.4 Å². The zero-order valence-corrected chi connectivity index (χ0v) is 13.2. The van der Waals surface area contributed by atoms with E-state index >= 15 is 0 Å². The van der Waals surface area contributed by atoms with E-state index in [4.69, 9.17) is 12.2 Å². The standard InChI is InChI=1S/C15H22N4S/c1-8-13-14(18(3)17-8)19(15(20)16-13)9(2)12-7-10-4-5-11(12)6-10/h9-12H,4-7H2,1-3H3,(H,16,20). The second-order valence-electron chi connectivity index (χ2n) is 6.79. The normalized spacial score (nSPS) is 30.4. The van der Waals surface area contributed by atoms with Crippen molar-refractivity contribution in [2.75, 3.05) is 0 Å². The minimum atomic E-state index is 0.473. The molecule has 108 valence electrons. The van der Waals surface area contributed by atoms with E-state index < -0.39 is 0 Å². The molecule has 2 bridgehead atoms. The predicted octanol–water partition coefficient (Wildman–Crippen LogP) is 3.74. The summed E-state index contributed by atoms with van der Waals surface area (Å²) in [5, 5.41) is 4.53. The van der Waals surface area contributed by atoms with Crippen LogP contribution in [-0.4, -0.2) is 19.3 Å². The number of fused-ring (bicyclic) bond motifs is 3. The average molecular weight is 290 g/mol. The van der Waals surface area contributed by atoms with Crippen molar-refractivity contribution in [3.8, 4) is 0 Å². The van der Waals surface area contributed by atoms with Gasteiger partial charge in [-0.3, -0.25) is 9.25 Å². The molecule has 2 aliphatic carbocycles. The van der Waals surface area contributed by atoms with Crippen LogP contribution in [0.1, 0.15) is 44.3 Å². The van der Waals surface area contributed by atoms with E-state index in [1.807, 2.05) is 18.7 Å². The summed E-state index contributed by atoms with van der Waals surface area (Å²) in [6.07, 6.45) is 5.70. The van der Waals surface area contributed by atoms with Gasteiger partial charge in [-0.1, -0.05) is 6.42 Å². The highest BCUT2D eigenvalue weighted by Crippen LogP contribution is 2.52. The SMILES string of the molecule is Cc1nn(C)c2c1[nH]c(=S)n2C(C)C1CC2CCC1C2. The van der Waals surface area contributed by atoms with Crippen LogP contribution in [0.15, 0.2) is 0 Å². The van der Waals surface area contributed by atoms with Gasteiger partial charge in [0.25, 0.3) is 0 Å². The molecule has 0 amide bonds. The van der Waals surface area contributed by atoms with Gasteiger partial charge < -0.3 is 4.98 Å². The maximum atomic E-state index is 5.59. The second kappa shape index (κ2) is 4.20. The summed E-state index contributed by atoms with van der Waals surface area (Å²) in [5.74, 6) is 2.68. The highest BCUT2D eigenvalue weighted by Gasteiger charge is 2.42. The number of aryl methyl sites for hydroxylation is 2. The minimum Gasteiger partial charge on any atom is -0.328 e. The summed E-state index contributed by atoms with van der Waals surface area (Å²) in [6.45, 7) is 4.39. The lowest BCUT2D eigenvalue weighted by atomic mass is 9.84. The molecule has 5 heteroatoms. The summed E-state index contributed by atoms with van der Waals surface area (Å²) >= 11 is 5.59. The highest BCUT2D eigenvalue weighted by atomic mass is 32.1. The average Bonchev–Trinajstić information content (AvgIpc) is 3.13. The Hall–Kier alpha value is -1.10. The van der Waals surface area contributed by atoms with Gasteiger partial charge in [-0.15, -0.1) is 0 Å². The summed E-state index contributed by atoms with van der Waals surface area (Å²) < 4.78 is 5.14. The zero-order valence-electron chi connectivity index (χ0n) is 12.4. The van der Waals surface area contributed by atoms with Crippen LogP contribution in [0.2, 0.25) is 0 Å². The van der Waals surface area contributed by atoms with Crippen LogP contribution < -0.4 is 0 Å². The molecule has 2 aliphatic rings. The van der Waals surface area contributed by atoms with Crippen molar-refractivity contribution in [3.05, 3.63) is 10.5 Å². The van der Waals surface area contributed by atoms with Crippen molar-refractivity contribution >= 4 is 23.4 Å². The summed E-state index contributed by atoms with van der Waals surface area (Å²) in [5.41, 5.74) is 3.29.